The molecule has 0 bridgehead atoms. The number of nitrogens with zero attached hydrogens (tertiary/aromatic N) is 1. The van der Waals surface area contributed by atoms with E-state index >= 15 is 0 Å². The molecule has 0 amide bonds. The molecule has 3 heteroatoms. The van der Waals surface area contributed by atoms with Crippen molar-refractivity contribution in [2.45, 2.75) is 52.5 Å². The van der Waals surface area contributed by atoms with Gasteiger partial charge in [-0.2, -0.15) is 0 Å². The lowest BCUT2D eigenvalue weighted by molar-refractivity contribution is -0.137. The Bertz CT molecular complexity index is 214. The van der Waals surface area contributed by atoms with E-state index in [0.29, 0.717) is 12.5 Å². The van der Waals surface area contributed by atoms with Crippen molar-refractivity contribution < 1.29 is 9.90 Å². The molecule has 0 aromatic heterocycles. The third-order valence-corrected chi connectivity index (χ3v) is 3.21. The lowest BCUT2D eigenvalue weighted by Crippen LogP contribution is -2.42. The van der Waals surface area contributed by atoms with Crippen LogP contribution in [0.4, 0.5) is 0 Å². The Morgan fingerprint density at radius 2 is 1.87 bits per heavy atom. The van der Waals surface area contributed by atoms with Crippen LogP contribution < -0.4 is 0 Å². The Morgan fingerprint density at radius 3 is 2.27 bits per heavy atom. The molecule has 1 saturated heterocycles. The molecule has 0 radical (unpaired) electrons. The second-order valence-electron chi connectivity index (χ2n) is 5.56. The quantitative estimate of drug-likeness (QED) is 0.779. The van der Waals surface area contributed by atoms with E-state index in [2.05, 4.69) is 25.7 Å². The highest BCUT2D eigenvalue weighted by atomic mass is 16.4. The summed E-state index contributed by atoms with van der Waals surface area (Å²) in [6, 6.07) is 0.413. The molecule has 1 aliphatic rings. The van der Waals surface area contributed by atoms with Crippen molar-refractivity contribution in [3.8, 4) is 0 Å². The lowest BCUT2D eigenvalue weighted by atomic mass is 9.83. The zero-order valence-corrected chi connectivity index (χ0v) is 10.1. The molecule has 0 aromatic rings. The van der Waals surface area contributed by atoms with E-state index in [0.717, 1.165) is 19.5 Å². The number of rotatable bonds is 4. The van der Waals surface area contributed by atoms with Gasteiger partial charge in [0.1, 0.15) is 0 Å². The van der Waals surface area contributed by atoms with Crippen LogP contribution in [0.25, 0.3) is 0 Å². The van der Waals surface area contributed by atoms with E-state index in [1.54, 1.807) is 0 Å². The van der Waals surface area contributed by atoms with E-state index in [1.165, 1.54) is 12.8 Å². The molecule has 0 aromatic carbocycles. The van der Waals surface area contributed by atoms with Gasteiger partial charge in [0, 0.05) is 12.5 Å². The number of carboxylic acid groups (broad SMARTS) is 1. The molecule has 0 spiro atoms. The molecule has 1 heterocycles. The minimum atomic E-state index is -0.677. The van der Waals surface area contributed by atoms with Crippen molar-refractivity contribution >= 4 is 5.97 Å². The first-order valence-electron chi connectivity index (χ1n) is 5.87. The van der Waals surface area contributed by atoms with Gasteiger partial charge in [-0.15, -0.1) is 0 Å². The van der Waals surface area contributed by atoms with Gasteiger partial charge in [0.2, 0.25) is 0 Å². The van der Waals surface area contributed by atoms with Crippen LogP contribution in [0.3, 0.4) is 0 Å². The monoisotopic (exact) mass is 213 g/mol. The predicted molar refractivity (Wildman–Crippen MR) is 60.9 cm³/mol. The number of hydrogen-bond donors (Lipinski definition) is 1. The first kappa shape index (κ1) is 12.5. The van der Waals surface area contributed by atoms with Crippen molar-refractivity contribution in [1.82, 2.24) is 4.90 Å². The summed E-state index contributed by atoms with van der Waals surface area (Å²) in [5.41, 5.74) is 0.180. The van der Waals surface area contributed by atoms with Crippen LogP contribution in [0.5, 0.6) is 0 Å². The first-order chi connectivity index (χ1) is 6.91. The Balaban J connectivity index is 2.56. The minimum absolute atomic E-state index is 0.180. The van der Waals surface area contributed by atoms with Crippen LogP contribution in [-0.4, -0.2) is 35.1 Å². The Morgan fingerprint density at radius 1 is 1.33 bits per heavy atom. The van der Waals surface area contributed by atoms with E-state index in [4.69, 9.17) is 5.11 Å². The van der Waals surface area contributed by atoms with E-state index in [1.807, 2.05) is 0 Å². The minimum Gasteiger partial charge on any atom is -0.481 e. The van der Waals surface area contributed by atoms with Gasteiger partial charge in [0.15, 0.2) is 0 Å². The predicted octanol–water partition coefficient (Wildman–Crippen LogP) is 2.36. The van der Waals surface area contributed by atoms with Gasteiger partial charge < -0.3 is 5.11 Å². The lowest BCUT2D eigenvalue weighted by Gasteiger charge is -2.37. The molecule has 88 valence electrons. The van der Waals surface area contributed by atoms with Crippen LogP contribution >= 0.6 is 0 Å². The molecule has 1 atom stereocenters. The van der Waals surface area contributed by atoms with E-state index < -0.39 is 5.97 Å². The number of carbonyl (C=O) groups is 1. The van der Waals surface area contributed by atoms with Crippen LogP contribution in [0.2, 0.25) is 0 Å². The first-order valence-corrected chi connectivity index (χ1v) is 5.87. The van der Waals surface area contributed by atoms with Gasteiger partial charge in [-0.1, -0.05) is 20.8 Å². The SMILES string of the molecule is CC(C)(C)C(CCC(=O)O)N1CCCC1. The van der Waals surface area contributed by atoms with Crippen molar-refractivity contribution in [3.05, 3.63) is 0 Å². The molecule has 1 fully saturated rings. The fourth-order valence-electron chi connectivity index (χ4n) is 2.48. The topological polar surface area (TPSA) is 40.5 Å². The van der Waals surface area contributed by atoms with Crippen molar-refractivity contribution in [2.24, 2.45) is 5.41 Å². The molecular formula is C12H23NO2. The summed E-state index contributed by atoms with van der Waals surface area (Å²) in [5, 5.41) is 8.75. The molecular weight excluding hydrogens is 190 g/mol. The summed E-state index contributed by atoms with van der Waals surface area (Å²) in [5.74, 6) is -0.677. The fourth-order valence-corrected chi connectivity index (χ4v) is 2.48. The maximum atomic E-state index is 10.6. The molecule has 1 unspecified atom stereocenters. The maximum Gasteiger partial charge on any atom is 0.303 e. The van der Waals surface area contributed by atoms with Gasteiger partial charge in [-0.05, 0) is 37.8 Å². The van der Waals surface area contributed by atoms with Gasteiger partial charge in [0.25, 0.3) is 0 Å². The summed E-state index contributed by atoms with van der Waals surface area (Å²) in [6.45, 7) is 8.90. The Kier molecular flexibility index (Phi) is 4.14. The summed E-state index contributed by atoms with van der Waals surface area (Å²) >= 11 is 0. The van der Waals surface area contributed by atoms with Crippen LogP contribution in [0, 0.1) is 5.41 Å². The number of hydrogen-bond acceptors (Lipinski definition) is 2. The third kappa shape index (κ3) is 3.82. The molecule has 1 rings (SSSR count). The second-order valence-corrected chi connectivity index (χ2v) is 5.56. The average molecular weight is 213 g/mol. The van der Waals surface area contributed by atoms with E-state index in [9.17, 15) is 4.79 Å². The molecule has 15 heavy (non-hydrogen) atoms. The largest absolute Gasteiger partial charge is 0.481 e. The normalized spacial score (nSPS) is 20.5. The zero-order valence-electron chi connectivity index (χ0n) is 10.1. The number of carboxylic acids is 1. The summed E-state index contributed by atoms with van der Waals surface area (Å²) in [6.07, 6.45) is 3.59. The Hall–Kier alpha value is -0.570. The standard InChI is InChI=1S/C12H23NO2/c1-12(2,3)10(6-7-11(14)15)13-8-4-5-9-13/h10H,4-9H2,1-3H3,(H,14,15). The summed E-state index contributed by atoms with van der Waals surface area (Å²) in [4.78, 5) is 13.1. The van der Waals surface area contributed by atoms with Gasteiger partial charge >= 0.3 is 5.97 Å². The Labute approximate surface area is 92.5 Å². The smallest absolute Gasteiger partial charge is 0.303 e. The highest BCUT2D eigenvalue weighted by Gasteiger charge is 2.31. The summed E-state index contributed by atoms with van der Waals surface area (Å²) < 4.78 is 0. The van der Waals surface area contributed by atoms with Crippen molar-refractivity contribution in [2.75, 3.05) is 13.1 Å². The fraction of sp³-hybridized carbons (Fsp3) is 0.917. The van der Waals surface area contributed by atoms with E-state index in [-0.39, 0.29) is 5.41 Å². The van der Waals surface area contributed by atoms with Crippen LogP contribution in [0.15, 0.2) is 0 Å². The third-order valence-electron chi connectivity index (χ3n) is 3.21. The molecule has 0 saturated carbocycles. The maximum absolute atomic E-state index is 10.6. The van der Waals surface area contributed by atoms with Gasteiger partial charge in [-0.3, -0.25) is 9.69 Å². The number of likely N-dealkylation sites (tertiary alicyclic amines) is 1. The number of aliphatic carboxylic acids is 1. The molecule has 0 aliphatic carbocycles. The second kappa shape index (κ2) is 4.97. The average Bonchev–Trinajstić information content (AvgIpc) is 2.54. The zero-order chi connectivity index (χ0) is 11.5. The van der Waals surface area contributed by atoms with Crippen molar-refractivity contribution in [3.63, 3.8) is 0 Å². The van der Waals surface area contributed by atoms with Gasteiger partial charge in [-0.25, -0.2) is 0 Å². The molecule has 1 aliphatic heterocycles. The highest BCUT2D eigenvalue weighted by molar-refractivity contribution is 5.66. The highest BCUT2D eigenvalue weighted by Crippen LogP contribution is 2.30. The van der Waals surface area contributed by atoms with Crippen LogP contribution in [0.1, 0.15) is 46.5 Å². The molecule has 3 nitrogen and oxygen atoms in total. The molecule has 1 N–H and O–H groups in total. The van der Waals surface area contributed by atoms with Gasteiger partial charge in [0.05, 0.1) is 0 Å². The van der Waals surface area contributed by atoms with Crippen LogP contribution in [-0.2, 0) is 4.79 Å². The van der Waals surface area contributed by atoms with Crippen molar-refractivity contribution in [1.29, 1.82) is 0 Å². The summed E-state index contributed by atoms with van der Waals surface area (Å²) in [7, 11) is 0.